The van der Waals surface area contributed by atoms with Crippen LogP contribution in [-0.4, -0.2) is 46.3 Å². The summed E-state index contributed by atoms with van der Waals surface area (Å²) in [5.74, 6) is -0.326. The fraction of sp³-hybridized carbons (Fsp3) is 0.312. The number of sulfonamides is 1. The van der Waals surface area contributed by atoms with Crippen LogP contribution in [0.1, 0.15) is 12.8 Å². The minimum Gasteiger partial charge on any atom is -0.294 e. The Balaban J connectivity index is 1.50. The second-order valence-corrected chi connectivity index (χ2v) is 9.19. The predicted octanol–water partition coefficient (Wildman–Crippen LogP) is 1.83. The van der Waals surface area contributed by atoms with E-state index in [1.807, 2.05) is 12.1 Å². The van der Waals surface area contributed by atoms with Gasteiger partial charge in [-0.05, 0) is 36.4 Å². The molecule has 4 heterocycles. The van der Waals surface area contributed by atoms with Gasteiger partial charge < -0.3 is 0 Å². The van der Waals surface area contributed by atoms with Crippen molar-refractivity contribution in [2.45, 2.75) is 17.1 Å². The summed E-state index contributed by atoms with van der Waals surface area (Å²) in [6.45, 7) is 0.598. The van der Waals surface area contributed by atoms with Crippen molar-refractivity contribution >= 4 is 38.9 Å². The molecule has 1 aliphatic rings. The molecular weight excluding hydrogens is 374 g/mol. The first-order valence-electron chi connectivity index (χ1n) is 8.20. The molecule has 0 bridgehead atoms. The van der Waals surface area contributed by atoms with E-state index >= 15 is 0 Å². The second kappa shape index (κ2) is 6.78. The smallest absolute Gasteiger partial charge is 0.252 e. The highest BCUT2D eigenvalue weighted by Crippen LogP contribution is 2.27. The highest BCUT2D eigenvalue weighted by Gasteiger charge is 2.34. The number of aromatic nitrogens is 3. The van der Waals surface area contributed by atoms with Crippen molar-refractivity contribution < 1.29 is 13.2 Å². The third kappa shape index (κ3) is 3.11. The van der Waals surface area contributed by atoms with Crippen LogP contribution >= 0.6 is 11.3 Å². The summed E-state index contributed by atoms with van der Waals surface area (Å²) in [5.41, 5.74) is 0.633. The molecule has 26 heavy (non-hydrogen) atoms. The molecule has 1 N–H and O–H groups in total. The number of amides is 1. The lowest BCUT2D eigenvalue weighted by molar-refractivity contribution is -0.120. The van der Waals surface area contributed by atoms with Gasteiger partial charge in [0.15, 0.2) is 5.65 Å². The molecule has 0 saturated carbocycles. The van der Waals surface area contributed by atoms with Crippen LogP contribution in [0.3, 0.4) is 0 Å². The van der Waals surface area contributed by atoms with Crippen molar-refractivity contribution in [2.75, 3.05) is 18.4 Å². The summed E-state index contributed by atoms with van der Waals surface area (Å²) in [7, 11) is -3.54. The molecular formula is C16H17N5O3S2. The topological polar surface area (TPSA) is 96.7 Å². The number of anilines is 1. The van der Waals surface area contributed by atoms with E-state index in [2.05, 4.69) is 15.5 Å². The first-order chi connectivity index (χ1) is 12.6. The van der Waals surface area contributed by atoms with Crippen LogP contribution < -0.4 is 5.32 Å². The van der Waals surface area contributed by atoms with E-state index in [0.29, 0.717) is 35.2 Å². The Labute approximate surface area is 154 Å². The summed E-state index contributed by atoms with van der Waals surface area (Å²) >= 11 is 1.19. The molecule has 4 rings (SSSR count). The predicted molar refractivity (Wildman–Crippen MR) is 97.4 cm³/mol. The standard InChI is InChI=1S/C16H17N5O3S2/c22-15(17-16-19-18-13-6-1-2-9-21(13)16)12-5-3-8-20(11-12)26(23,24)14-7-4-10-25-14/h1-2,4,6-7,9-10,12H,3,5,8,11H2,(H,17,19,22). The van der Waals surface area contributed by atoms with Gasteiger partial charge in [-0.15, -0.1) is 21.5 Å². The number of pyridine rings is 1. The average Bonchev–Trinajstić information content (AvgIpc) is 3.33. The molecule has 1 atom stereocenters. The normalized spacial score (nSPS) is 18.8. The highest BCUT2D eigenvalue weighted by molar-refractivity contribution is 7.91. The summed E-state index contributed by atoms with van der Waals surface area (Å²) < 4.78 is 28.8. The van der Waals surface area contributed by atoms with E-state index in [9.17, 15) is 13.2 Å². The van der Waals surface area contributed by atoms with E-state index in [1.165, 1.54) is 15.6 Å². The number of carbonyl (C=O) groups is 1. The maximum Gasteiger partial charge on any atom is 0.252 e. The van der Waals surface area contributed by atoms with Crippen LogP contribution in [0.5, 0.6) is 0 Å². The number of hydrogen-bond acceptors (Lipinski definition) is 6. The van der Waals surface area contributed by atoms with Crippen LogP contribution in [0, 0.1) is 5.92 Å². The number of thiophene rings is 1. The summed E-state index contributed by atoms with van der Waals surface area (Å²) in [6.07, 6.45) is 3.04. The molecule has 1 unspecified atom stereocenters. The average molecular weight is 391 g/mol. The monoisotopic (exact) mass is 391 g/mol. The number of nitrogens with zero attached hydrogens (tertiary/aromatic N) is 4. The Morgan fingerprint density at radius 1 is 1.23 bits per heavy atom. The summed E-state index contributed by atoms with van der Waals surface area (Å²) in [5, 5.41) is 12.5. The zero-order valence-corrected chi connectivity index (χ0v) is 15.4. The lowest BCUT2D eigenvalue weighted by Gasteiger charge is -2.30. The molecule has 1 aliphatic heterocycles. The van der Waals surface area contributed by atoms with E-state index < -0.39 is 15.9 Å². The molecule has 1 amide bonds. The van der Waals surface area contributed by atoms with Gasteiger partial charge in [0.05, 0.1) is 5.92 Å². The zero-order chi connectivity index (χ0) is 18.1. The van der Waals surface area contributed by atoms with Gasteiger partial charge in [0, 0.05) is 19.3 Å². The number of carbonyl (C=O) groups excluding carboxylic acids is 1. The maximum absolute atomic E-state index is 12.7. The first-order valence-corrected chi connectivity index (χ1v) is 10.5. The van der Waals surface area contributed by atoms with Crippen LogP contribution in [-0.2, 0) is 14.8 Å². The Morgan fingerprint density at radius 3 is 2.92 bits per heavy atom. The van der Waals surface area contributed by atoms with Gasteiger partial charge in [0.25, 0.3) is 10.0 Å². The van der Waals surface area contributed by atoms with Crippen molar-refractivity contribution in [1.82, 2.24) is 18.9 Å². The van der Waals surface area contributed by atoms with E-state index in [0.717, 1.165) is 0 Å². The van der Waals surface area contributed by atoms with Crippen LogP contribution in [0.4, 0.5) is 5.95 Å². The van der Waals surface area contributed by atoms with E-state index in [1.54, 1.807) is 34.2 Å². The minimum absolute atomic E-state index is 0.169. The first kappa shape index (κ1) is 17.1. The Hall–Kier alpha value is -2.30. The number of hydrogen-bond donors (Lipinski definition) is 1. The fourth-order valence-electron chi connectivity index (χ4n) is 3.05. The molecule has 8 nitrogen and oxygen atoms in total. The lowest BCUT2D eigenvalue weighted by atomic mass is 9.99. The molecule has 1 fully saturated rings. The van der Waals surface area contributed by atoms with Crippen LogP contribution in [0.2, 0.25) is 0 Å². The Bertz CT molecular complexity index is 1030. The maximum atomic E-state index is 12.7. The molecule has 3 aromatic heterocycles. The van der Waals surface area contributed by atoms with Crippen molar-refractivity contribution in [3.05, 3.63) is 41.9 Å². The molecule has 0 aromatic carbocycles. The molecule has 1 saturated heterocycles. The molecule has 0 aliphatic carbocycles. The molecule has 0 spiro atoms. The third-order valence-electron chi connectivity index (χ3n) is 4.39. The number of piperidine rings is 1. The summed E-state index contributed by atoms with van der Waals surface area (Å²) in [4.78, 5) is 12.7. The van der Waals surface area contributed by atoms with Crippen molar-refractivity contribution in [3.63, 3.8) is 0 Å². The number of fused-ring (bicyclic) bond motifs is 1. The third-order valence-corrected chi connectivity index (χ3v) is 7.63. The second-order valence-electron chi connectivity index (χ2n) is 6.08. The molecule has 3 aromatic rings. The van der Waals surface area contributed by atoms with Crippen molar-refractivity contribution in [2.24, 2.45) is 5.92 Å². The van der Waals surface area contributed by atoms with Crippen LogP contribution in [0.15, 0.2) is 46.1 Å². The van der Waals surface area contributed by atoms with Gasteiger partial charge in [-0.2, -0.15) is 4.31 Å². The lowest BCUT2D eigenvalue weighted by Crippen LogP contribution is -2.43. The van der Waals surface area contributed by atoms with Gasteiger partial charge in [0.1, 0.15) is 4.21 Å². The number of nitrogens with one attached hydrogen (secondary N) is 1. The molecule has 10 heteroatoms. The van der Waals surface area contributed by atoms with E-state index in [-0.39, 0.29) is 12.5 Å². The molecule has 0 radical (unpaired) electrons. The largest absolute Gasteiger partial charge is 0.294 e. The Kier molecular flexibility index (Phi) is 4.47. The highest BCUT2D eigenvalue weighted by atomic mass is 32.2. The minimum atomic E-state index is -3.54. The quantitative estimate of drug-likeness (QED) is 0.732. The number of rotatable bonds is 4. The fourth-order valence-corrected chi connectivity index (χ4v) is 5.72. The Morgan fingerprint density at radius 2 is 2.12 bits per heavy atom. The van der Waals surface area contributed by atoms with Crippen molar-refractivity contribution in [3.8, 4) is 0 Å². The zero-order valence-electron chi connectivity index (χ0n) is 13.8. The van der Waals surface area contributed by atoms with Gasteiger partial charge in [0.2, 0.25) is 11.9 Å². The van der Waals surface area contributed by atoms with Gasteiger partial charge in [-0.3, -0.25) is 14.5 Å². The van der Waals surface area contributed by atoms with Gasteiger partial charge in [-0.25, -0.2) is 8.42 Å². The van der Waals surface area contributed by atoms with Crippen molar-refractivity contribution in [1.29, 1.82) is 0 Å². The van der Waals surface area contributed by atoms with Gasteiger partial charge >= 0.3 is 0 Å². The van der Waals surface area contributed by atoms with E-state index in [4.69, 9.17) is 0 Å². The summed E-state index contributed by atoms with van der Waals surface area (Å²) in [6, 6.07) is 8.75. The molecule has 136 valence electrons. The SMILES string of the molecule is O=C(Nc1nnc2ccccn12)C1CCCN(S(=O)(=O)c2cccs2)C1. The van der Waals surface area contributed by atoms with Gasteiger partial charge in [-0.1, -0.05) is 12.1 Å². The van der Waals surface area contributed by atoms with Crippen LogP contribution in [0.25, 0.3) is 5.65 Å².